The maximum atomic E-state index is 11.7. The highest BCUT2D eigenvalue weighted by Crippen LogP contribution is 2.30. The summed E-state index contributed by atoms with van der Waals surface area (Å²) in [5.74, 6) is 0.117. The number of nitrogens with one attached hydrogen (secondary N) is 2. The van der Waals surface area contributed by atoms with Gasteiger partial charge in [-0.25, -0.2) is 0 Å². The van der Waals surface area contributed by atoms with Crippen molar-refractivity contribution in [1.82, 2.24) is 15.3 Å². The summed E-state index contributed by atoms with van der Waals surface area (Å²) in [6.07, 6.45) is 4.04. The molecule has 0 atom stereocenters. The molecular formula is C19H21N3O. The number of hydrogen-bond donors (Lipinski definition) is 2. The van der Waals surface area contributed by atoms with E-state index in [0.717, 1.165) is 29.7 Å². The van der Waals surface area contributed by atoms with Gasteiger partial charge in [0.15, 0.2) is 0 Å². The predicted molar refractivity (Wildman–Crippen MR) is 93.2 cm³/mol. The lowest BCUT2D eigenvalue weighted by molar-refractivity contribution is -0.121. The molecule has 0 aliphatic heterocycles. The first-order valence-corrected chi connectivity index (χ1v) is 8.07. The van der Waals surface area contributed by atoms with Crippen LogP contribution < -0.4 is 5.32 Å². The third kappa shape index (κ3) is 3.42. The van der Waals surface area contributed by atoms with Crippen molar-refractivity contribution >= 4 is 16.8 Å². The van der Waals surface area contributed by atoms with Crippen LogP contribution in [0.4, 0.5) is 0 Å². The van der Waals surface area contributed by atoms with Gasteiger partial charge in [0, 0.05) is 30.1 Å². The number of carbonyl (C=O) groups is 1. The molecule has 23 heavy (non-hydrogen) atoms. The number of para-hydroxylation sites is 1. The first-order valence-electron chi connectivity index (χ1n) is 8.07. The van der Waals surface area contributed by atoms with E-state index >= 15 is 0 Å². The number of benzene rings is 1. The van der Waals surface area contributed by atoms with E-state index in [2.05, 4.69) is 27.4 Å². The summed E-state index contributed by atoms with van der Waals surface area (Å²) in [6, 6.07) is 14.2. The third-order valence-corrected chi connectivity index (χ3v) is 3.94. The smallest absolute Gasteiger partial charge is 0.219 e. The molecule has 0 fully saturated rings. The van der Waals surface area contributed by atoms with Crippen molar-refractivity contribution in [2.24, 2.45) is 0 Å². The van der Waals surface area contributed by atoms with Crippen molar-refractivity contribution in [2.75, 3.05) is 6.54 Å². The molecule has 0 aliphatic carbocycles. The van der Waals surface area contributed by atoms with Gasteiger partial charge in [-0.15, -0.1) is 0 Å². The molecule has 2 aromatic heterocycles. The predicted octanol–water partition coefficient (Wildman–Crippen LogP) is 3.69. The number of aromatic nitrogens is 2. The summed E-state index contributed by atoms with van der Waals surface area (Å²) in [6.45, 7) is 2.63. The second-order valence-electron chi connectivity index (χ2n) is 5.55. The maximum absolute atomic E-state index is 11.7. The fourth-order valence-electron chi connectivity index (χ4n) is 2.90. The number of amides is 1. The van der Waals surface area contributed by atoms with E-state index in [9.17, 15) is 4.79 Å². The molecule has 3 aromatic rings. The quantitative estimate of drug-likeness (QED) is 0.729. The minimum atomic E-state index is 0.117. The fraction of sp³-hybridized carbons (Fsp3) is 0.263. The number of carbonyl (C=O) groups excluding carboxylic acids is 1. The van der Waals surface area contributed by atoms with E-state index in [1.807, 2.05) is 37.3 Å². The minimum absolute atomic E-state index is 0.117. The summed E-state index contributed by atoms with van der Waals surface area (Å²) in [5.41, 5.74) is 4.35. The van der Waals surface area contributed by atoms with Crippen molar-refractivity contribution < 1.29 is 4.79 Å². The van der Waals surface area contributed by atoms with Crippen LogP contribution in [0.25, 0.3) is 22.3 Å². The first kappa shape index (κ1) is 15.3. The number of H-pyrrole nitrogens is 1. The summed E-state index contributed by atoms with van der Waals surface area (Å²) < 4.78 is 0. The van der Waals surface area contributed by atoms with Crippen LogP contribution in [0.15, 0.2) is 48.7 Å². The summed E-state index contributed by atoms with van der Waals surface area (Å²) in [5, 5.41) is 4.06. The molecule has 1 amide bonds. The number of fused-ring (bicyclic) bond motifs is 1. The Hall–Kier alpha value is -2.62. The molecule has 0 aliphatic rings. The molecule has 3 rings (SSSR count). The van der Waals surface area contributed by atoms with Crippen molar-refractivity contribution in [3.8, 4) is 11.4 Å². The maximum Gasteiger partial charge on any atom is 0.219 e. The molecule has 0 spiro atoms. The van der Waals surface area contributed by atoms with Gasteiger partial charge in [-0.3, -0.25) is 9.78 Å². The van der Waals surface area contributed by atoms with Crippen LogP contribution in [0, 0.1) is 0 Å². The Balaban J connectivity index is 1.89. The number of rotatable bonds is 6. The number of pyridine rings is 1. The zero-order valence-electron chi connectivity index (χ0n) is 13.3. The van der Waals surface area contributed by atoms with Crippen LogP contribution in [0.3, 0.4) is 0 Å². The Morgan fingerprint density at radius 2 is 2.00 bits per heavy atom. The number of hydrogen-bond acceptors (Lipinski definition) is 2. The van der Waals surface area contributed by atoms with Gasteiger partial charge >= 0.3 is 0 Å². The van der Waals surface area contributed by atoms with E-state index in [1.54, 1.807) is 6.20 Å². The number of nitrogens with zero attached hydrogens (tertiary/aromatic N) is 1. The SMILES string of the molecule is CCNC(=O)CCCc1c(-c2ccccn2)[nH]c2ccccc12. The molecular weight excluding hydrogens is 286 g/mol. The number of aromatic amines is 1. The second kappa shape index (κ2) is 7.09. The molecule has 1 aromatic carbocycles. The Bertz CT molecular complexity index is 793. The number of aryl methyl sites for hydroxylation is 1. The second-order valence-corrected chi connectivity index (χ2v) is 5.55. The zero-order valence-corrected chi connectivity index (χ0v) is 13.3. The first-order chi connectivity index (χ1) is 11.3. The van der Waals surface area contributed by atoms with Crippen molar-refractivity contribution in [1.29, 1.82) is 0 Å². The molecule has 0 unspecified atom stereocenters. The topological polar surface area (TPSA) is 57.8 Å². The molecule has 0 saturated carbocycles. The van der Waals surface area contributed by atoms with E-state index in [0.29, 0.717) is 13.0 Å². The highest BCUT2D eigenvalue weighted by molar-refractivity contribution is 5.90. The van der Waals surface area contributed by atoms with Crippen LogP contribution in [0.5, 0.6) is 0 Å². The van der Waals surface area contributed by atoms with E-state index in [4.69, 9.17) is 0 Å². The molecule has 4 nitrogen and oxygen atoms in total. The molecule has 2 N–H and O–H groups in total. The summed E-state index contributed by atoms with van der Waals surface area (Å²) in [7, 11) is 0. The summed E-state index contributed by atoms with van der Waals surface area (Å²) >= 11 is 0. The lowest BCUT2D eigenvalue weighted by Crippen LogP contribution is -2.22. The van der Waals surface area contributed by atoms with Crippen LogP contribution in [-0.2, 0) is 11.2 Å². The largest absolute Gasteiger partial charge is 0.356 e. The highest BCUT2D eigenvalue weighted by Gasteiger charge is 2.13. The van der Waals surface area contributed by atoms with E-state index in [-0.39, 0.29) is 5.91 Å². The van der Waals surface area contributed by atoms with Gasteiger partial charge < -0.3 is 10.3 Å². The monoisotopic (exact) mass is 307 g/mol. The zero-order chi connectivity index (χ0) is 16.1. The molecule has 2 heterocycles. The van der Waals surface area contributed by atoms with Gasteiger partial charge in [0.25, 0.3) is 0 Å². The minimum Gasteiger partial charge on any atom is -0.356 e. The molecule has 0 radical (unpaired) electrons. The highest BCUT2D eigenvalue weighted by atomic mass is 16.1. The average molecular weight is 307 g/mol. The Kier molecular flexibility index (Phi) is 4.71. The van der Waals surface area contributed by atoms with E-state index < -0.39 is 0 Å². The standard InChI is InChI=1S/C19H21N3O/c1-2-20-18(23)12-7-9-15-14-8-3-4-10-16(14)22-19(15)17-11-5-6-13-21-17/h3-6,8,10-11,13,22H,2,7,9,12H2,1H3,(H,20,23). The van der Waals surface area contributed by atoms with Crippen LogP contribution >= 0.6 is 0 Å². The van der Waals surface area contributed by atoms with Gasteiger partial charge in [-0.05, 0) is 43.5 Å². The molecule has 0 bridgehead atoms. The molecule has 4 heteroatoms. The van der Waals surface area contributed by atoms with E-state index in [1.165, 1.54) is 10.9 Å². The van der Waals surface area contributed by atoms with Crippen LogP contribution in [-0.4, -0.2) is 22.4 Å². The van der Waals surface area contributed by atoms with Crippen LogP contribution in [0.1, 0.15) is 25.3 Å². The third-order valence-electron chi connectivity index (χ3n) is 3.94. The Morgan fingerprint density at radius 1 is 1.17 bits per heavy atom. The Labute approximate surface area is 136 Å². The molecule has 0 saturated heterocycles. The van der Waals surface area contributed by atoms with Crippen LogP contribution in [0.2, 0.25) is 0 Å². The van der Waals surface area contributed by atoms with Crippen molar-refractivity contribution in [2.45, 2.75) is 26.2 Å². The average Bonchev–Trinajstić information content (AvgIpc) is 2.95. The van der Waals surface area contributed by atoms with Gasteiger partial charge in [0.2, 0.25) is 5.91 Å². The summed E-state index contributed by atoms with van der Waals surface area (Å²) in [4.78, 5) is 19.6. The van der Waals surface area contributed by atoms with Crippen molar-refractivity contribution in [3.05, 3.63) is 54.2 Å². The fourth-order valence-corrected chi connectivity index (χ4v) is 2.90. The van der Waals surface area contributed by atoms with Crippen molar-refractivity contribution in [3.63, 3.8) is 0 Å². The Morgan fingerprint density at radius 3 is 2.78 bits per heavy atom. The lowest BCUT2D eigenvalue weighted by atomic mass is 10.0. The lowest BCUT2D eigenvalue weighted by Gasteiger charge is -2.05. The van der Waals surface area contributed by atoms with Gasteiger partial charge in [0.1, 0.15) is 0 Å². The van der Waals surface area contributed by atoms with Gasteiger partial charge in [0.05, 0.1) is 11.4 Å². The van der Waals surface area contributed by atoms with Gasteiger partial charge in [-0.2, -0.15) is 0 Å². The molecule has 118 valence electrons. The van der Waals surface area contributed by atoms with Gasteiger partial charge in [-0.1, -0.05) is 24.3 Å². The normalized spacial score (nSPS) is 10.8.